The van der Waals surface area contributed by atoms with Crippen LogP contribution in [0.15, 0.2) is 49.2 Å². The van der Waals surface area contributed by atoms with Gasteiger partial charge in [-0.2, -0.15) is 5.10 Å². The summed E-state index contributed by atoms with van der Waals surface area (Å²) in [6.45, 7) is 7.65. The quantitative estimate of drug-likeness (QED) is 0.342. The first-order chi connectivity index (χ1) is 15.4. The number of aryl methyl sites for hydroxylation is 1. The van der Waals surface area contributed by atoms with Crippen molar-refractivity contribution in [2.24, 2.45) is 7.05 Å². The highest BCUT2D eigenvalue weighted by Crippen LogP contribution is 2.38. The van der Waals surface area contributed by atoms with Gasteiger partial charge in [-0.15, -0.1) is 0 Å². The van der Waals surface area contributed by atoms with E-state index in [9.17, 15) is 0 Å². The van der Waals surface area contributed by atoms with Crippen LogP contribution in [0.1, 0.15) is 26.3 Å². The van der Waals surface area contributed by atoms with Crippen molar-refractivity contribution in [1.82, 2.24) is 19.7 Å². The number of fused-ring (bicyclic) bond motifs is 3. The number of nitrogens with zero attached hydrogens (tertiary/aromatic N) is 4. The number of rotatable bonds is 8. The van der Waals surface area contributed by atoms with Gasteiger partial charge in [-0.1, -0.05) is 45.2 Å². The number of methoxy groups -OCH3 is 1. The lowest BCUT2D eigenvalue weighted by Crippen LogP contribution is -2.19. The SMILES string of the molecule is C.C=C(CC)c1ccc(-c2nn(C)c3cnc4cc(OC)c(OCCN(C)C)cc4c23)cc1. The Kier molecular flexibility index (Phi) is 7.39. The first-order valence-corrected chi connectivity index (χ1v) is 10.8. The van der Waals surface area contributed by atoms with E-state index in [0.717, 1.165) is 57.2 Å². The second-order valence-corrected chi connectivity index (χ2v) is 8.20. The third kappa shape index (κ3) is 4.71. The van der Waals surface area contributed by atoms with Crippen LogP contribution in [-0.2, 0) is 7.05 Å². The van der Waals surface area contributed by atoms with Gasteiger partial charge in [0, 0.05) is 36.0 Å². The van der Waals surface area contributed by atoms with Crippen molar-refractivity contribution in [1.29, 1.82) is 0 Å². The van der Waals surface area contributed by atoms with Gasteiger partial charge in [0.15, 0.2) is 11.5 Å². The maximum Gasteiger partial charge on any atom is 0.162 e. The Hall–Kier alpha value is -3.38. The molecule has 0 unspecified atom stereocenters. The Morgan fingerprint density at radius 3 is 2.48 bits per heavy atom. The molecule has 0 radical (unpaired) electrons. The molecule has 6 nitrogen and oxygen atoms in total. The normalized spacial score (nSPS) is 11.1. The standard InChI is InChI=1S/C26H30N4O2.CH4/c1-7-17(2)18-8-10-19(11-9-18)26-25-20-14-24(32-13-12-29(3)4)23(31-6)15-21(20)27-16-22(25)30(5)28-26;/h8-11,14-16H,2,7,12-13H2,1,3-6H3;1H4. The highest BCUT2D eigenvalue weighted by molar-refractivity contribution is 6.11. The summed E-state index contributed by atoms with van der Waals surface area (Å²) in [6.07, 6.45) is 2.80. The molecule has 0 aliphatic rings. The molecule has 4 rings (SSSR count). The van der Waals surface area contributed by atoms with Gasteiger partial charge in [-0.25, -0.2) is 0 Å². The zero-order valence-corrected chi connectivity index (χ0v) is 19.5. The molecule has 0 bridgehead atoms. The topological polar surface area (TPSA) is 52.4 Å². The number of ether oxygens (including phenoxy) is 2. The van der Waals surface area contributed by atoms with Crippen molar-refractivity contribution in [2.75, 3.05) is 34.4 Å². The van der Waals surface area contributed by atoms with Gasteiger partial charge in [-0.3, -0.25) is 9.67 Å². The largest absolute Gasteiger partial charge is 0.493 e. The van der Waals surface area contributed by atoms with E-state index < -0.39 is 0 Å². The van der Waals surface area contributed by atoms with Crippen molar-refractivity contribution >= 4 is 27.4 Å². The van der Waals surface area contributed by atoms with E-state index in [1.165, 1.54) is 0 Å². The van der Waals surface area contributed by atoms with Crippen LogP contribution in [0.3, 0.4) is 0 Å². The van der Waals surface area contributed by atoms with Crippen molar-refractivity contribution in [2.45, 2.75) is 20.8 Å². The van der Waals surface area contributed by atoms with Gasteiger partial charge >= 0.3 is 0 Å². The average Bonchev–Trinajstić information content (AvgIpc) is 3.14. The lowest BCUT2D eigenvalue weighted by Gasteiger charge is -2.14. The zero-order valence-electron chi connectivity index (χ0n) is 19.5. The molecule has 0 saturated carbocycles. The maximum absolute atomic E-state index is 6.07. The minimum absolute atomic E-state index is 0. The van der Waals surface area contributed by atoms with E-state index in [4.69, 9.17) is 14.6 Å². The van der Waals surface area contributed by atoms with E-state index in [-0.39, 0.29) is 7.43 Å². The van der Waals surface area contributed by atoms with Crippen LogP contribution in [0.2, 0.25) is 0 Å². The first kappa shape index (κ1) is 24.3. The second kappa shape index (κ2) is 10.0. The summed E-state index contributed by atoms with van der Waals surface area (Å²) in [7, 11) is 7.65. The monoisotopic (exact) mass is 446 g/mol. The summed E-state index contributed by atoms with van der Waals surface area (Å²) < 4.78 is 13.5. The van der Waals surface area contributed by atoms with E-state index >= 15 is 0 Å². The molecule has 0 saturated heterocycles. The molecule has 33 heavy (non-hydrogen) atoms. The first-order valence-electron chi connectivity index (χ1n) is 10.8. The van der Waals surface area contributed by atoms with Crippen LogP contribution in [0.4, 0.5) is 0 Å². The smallest absolute Gasteiger partial charge is 0.162 e. The van der Waals surface area contributed by atoms with Gasteiger partial charge in [0.1, 0.15) is 12.3 Å². The molecule has 0 aliphatic heterocycles. The Balaban J connectivity index is 0.00000306. The summed E-state index contributed by atoms with van der Waals surface area (Å²) in [5.41, 5.74) is 6.08. The Bertz CT molecular complexity index is 1270. The number of hydrogen-bond acceptors (Lipinski definition) is 5. The summed E-state index contributed by atoms with van der Waals surface area (Å²) in [6, 6.07) is 12.4. The molecule has 0 N–H and O–H groups in total. The van der Waals surface area contributed by atoms with Crippen LogP contribution < -0.4 is 9.47 Å². The predicted octanol–water partition coefficient (Wildman–Crippen LogP) is 5.80. The van der Waals surface area contributed by atoms with Crippen LogP contribution in [0.25, 0.3) is 38.6 Å². The van der Waals surface area contributed by atoms with Crippen molar-refractivity contribution in [3.05, 3.63) is 54.7 Å². The molecule has 0 spiro atoms. The maximum atomic E-state index is 6.07. The van der Waals surface area contributed by atoms with E-state index in [1.54, 1.807) is 7.11 Å². The van der Waals surface area contributed by atoms with Gasteiger partial charge in [0.05, 0.1) is 24.3 Å². The van der Waals surface area contributed by atoms with Gasteiger partial charge in [0.25, 0.3) is 0 Å². The van der Waals surface area contributed by atoms with E-state index in [1.807, 2.05) is 44.2 Å². The predicted molar refractivity (Wildman–Crippen MR) is 138 cm³/mol. The molecule has 4 aromatic rings. The number of benzene rings is 2. The average molecular weight is 447 g/mol. The molecule has 0 amide bonds. The minimum atomic E-state index is 0. The highest BCUT2D eigenvalue weighted by Gasteiger charge is 2.17. The number of aromatic nitrogens is 3. The molecule has 0 atom stereocenters. The van der Waals surface area contributed by atoms with Gasteiger partial charge < -0.3 is 14.4 Å². The Morgan fingerprint density at radius 2 is 1.85 bits per heavy atom. The Labute approximate surface area is 196 Å². The molecule has 174 valence electrons. The fourth-order valence-electron chi connectivity index (χ4n) is 3.82. The summed E-state index contributed by atoms with van der Waals surface area (Å²) >= 11 is 0. The highest BCUT2D eigenvalue weighted by atomic mass is 16.5. The molecule has 2 heterocycles. The lowest BCUT2D eigenvalue weighted by atomic mass is 10.00. The third-order valence-electron chi connectivity index (χ3n) is 5.76. The van der Waals surface area contributed by atoms with Crippen LogP contribution in [0.5, 0.6) is 11.5 Å². The van der Waals surface area contributed by atoms with E-state index in [0.29, 0.717) is 18.1 Å². The number of likely N-dealkylation sites (N-methyl/N-ethyl adjacent to an activating group) is 1. The van der Waals surface area contributed by atoms with Gasteiger partial charge in [0.2, 0.25) is 0 Å². The molecule has 2 aromatic heterocycles. The summed E-state index contributed by atoms with van der Waals surface area (Å²) in [4.78, 5) is 6.75. The lowest BCUT2D eigenvalue weighted by molar-refractivity contribution is 0.251. The third-order valence-corrected chi connectivity index (χ3v) is 5.76. The van der Waals surface area contributed by atoms with Crippen molar-refractivity contribution in [3.63, 3.8) is 0 Å². The second-order valence-electron chi connectivity index (χ2n) is 8.20. The molecular formula is C27H34N4O2. The zero-order chi connectivity index (χ0) is 22.8. The van der Waals surface area contributed by atoms with Crippen LogP contribution >= 0.6 is 0 Å². The van der Waals surface area contributed by atoms with Crippen LogP contribution in [0, 0.1) is 0 Å². The summed E-state index contributed by atoms with van der Waals surface area (Å²) in [5, 5.41) is 6.89. The van der Waals surface area contributed by atoms with Crippen LogP contribution in [-0.4, -0.2) is 54.0 Å². The van der Waals surface area contributed by atoms with Crippen molar-refractivity contribution < 1.29 is 9.47 Å². The molecule has 2 aromatic carbocycles. The Morgan fingerprint density at radius 1 is 1.12 bits per heavy atom. The number of allylic oxidation sites excluding steroid dienone is 1. The molecule has 0 fully saturated rings. The van der Waals surface area contributed by atoms with Crippen molar-refractivity contribution in [3.8, 4) is 22.8 Å². The molecule has 0 aliphatic carbocycles. The fourth-order valence-corrected chi connectivity index (χ4v) is 3.82. The minimum Gasteiger partial charge on any atom is -0.493 e. The number of hydrogen-bond donors (Lipinski definition) is 0. The summed E-state index contributed by atoms with van der Waals surface area (Å²) in [5.74, 6) is 1.39. The fraction of sp³-hybridized carbons (Fsp3) is 0.333. The number of pyridine rings is 1. The van der Waals surface area contributed by atoms with E-state index in [2.05, 4.69) is 47.7 Å². The molecular weight excluding hydrogens is 412 g/mol. The molecule has 6 heteroatoms. The van der Waals surface area contributed by atoms with Gasteiger partial charge in [-0.05, 0) is 37.7 Å².